The Kier molecular flexibility index (Phi) is 8.76. The van der Waals surface area contributed by atoms with Gasteiger partial charge in [0.05, 0.1) is 18.4 Å². The van der Waals surface area contributed by atoms with Gasteiger partial charge in [0.15, 0.2) is 0 Å². The summed E-state index contributed by atoms with van der Waals surface area (Å²) in [5, 5.41) is 22.4. The number of aromatic nitrogens is 3. The van der Waals surface area contributed by atoms with Gasteiger partial charge in [-0.05, 0) is 37.3 Å². The molecule has 0 radical (unpaired) electrons. The van der Waals surface area contributed by atoms with E-state index >= 15 is 0 Å². The molecule has 0 unspecified atom stereocenters. The predicted molar refractivity (Wildman–Crippen MR) is 146 cm³/mol. The van der Waals surface area contributed by atoms with Gasteiger partial charge in [-0.3, -0.25) is 9.59 Å². The molecule has 0 bridgehead atoms. The fourth-order valence-corrected chi connectivity index (χ4v) is 4.30. The Balaban J connectivity index is 1.47. The Morgan fingerprint density at radius 3 is 2.55 bits per heavy atom. The number of carbonyl (C=O) groups excluding carboxylic acids is 2. The van der Waals surface area contributed by atoms with E-state index in [-0.39, 0.29) is 23.8 Å². The van der Waals surface area contributed by atoms with Crippen molar-refractivity contribution >= 4 is 23.5 Å². The Hall–Kier alpha value is -4.76. The van der Waals surface area contributed by atoms with Crippen LogP contribution in [0.25, 0.3) is 11.3 Å². The molecule has 40 heavy (non-hydrogen) atoms. The number of methoxy groups -OCH3 is 1. The van der Waals surface area contributed by atoms with E-state index in [1.807, 2.05) is 6.07 Å². The van der Waals surface area contributed by atoms with Crippen LogP contribution in [0.2, 0.25) is 0 Å². The normalized spacial score (nSPS) is 14.2. The molecular weight excluding hydrogens is 514 g/mol. The third-order valence-electron chi connectivity index (χ3n) is 6.41. The van der Waals surface area contributed by atoms with E-state index in [1.54, 1.807) is 49.3 Å². The fraction of sp³-hybridized carbons (Fsp3) is 0.357. The van der Waals surface area contributed by atoms with Gasteiger partial charge in [0.1, 0.15) is 47.6 Å². The van der Waals surface area contributed by atoms with Crippen LogP contribution >= 0.6 is 0 Å². The first-order valence-corrected chi connectivity index (χ1v) is 12.7. The topological polar surface area (TPSA) is 154 Å². The molecule has 1 aliphatic rings. The first-order chi connectivity index (χ1) is 19.2. The van der Waals surface area contributed by atoms with Gasteiger partial charge in [0, 0.05) is 51.7 Å². The van der Waals surface area contributed by atoms with Gasteiger partial charge in [-0.2, -0.15) is 10.2 Å². The van der Waals surface area contributed by atoms with E-state index in [1.165, 1.54) is 25.3 Å². The number of aliphatic hydroxyl groups excluding tert-OH is 1. The molecule has 208 valence electrons. The number of ether oxygens (including phenoxy) is 2. The summed E-state index contributed by atoms with van der Waals surface area (Å²) in [6.45, 7) is 2.43. The zero-order valence-corrected chi connectivity index (χ0v) is 22.8. The van der Waals surface area contributed by atoms with Crippen LogP contribution in [0.1, 0.15) is 35.7 Å². The molecule has 2 aromatic heterocycles. The molecule has 1 atom stereocenters. The van der Waals surface area contributed by atoms with Gasteiger partial charge in [0.2, 0.25) is 5.88 Å². The number of piperidine rings is 1. The molecule has 4 rings (SSSR count). The second kappa shape index (κ2) is 12.4. The standard InChI is InChI=1S/C28H31N7O5/c1-17(36)27(37)35-11-9-20(10-12-35)40-23-7-5-18(13-19(23)15-29)22-14-25(31-16-30-22)32-24-8-6-21(26(33-24)39-4)28(38)34(2)3/h5-8,13-14,16-17,20,36H,9-12H2,1-4H3,(H,30,31,32,33)/t17-/m0/s1. The minimum atomic E-state index is -1.02. The molecule has 0 aliphatic carbocycles. The van der Waals surface area contributed by atoms with Crippen molar-refractivity contribution in [1.29, 1.82) is 5.26 Å². The molecule has 0 saturated carbocycles. The smallest absolute Gasteiger partial charge is 0.258 e. The predicted octanol–water partition coefficient (Wildman–Crippen LogP) is 2.61. The van der Waals surface area contributed by atoms with E-state index < -0.39 is 6.10 Å². The lowest BCUT2D eigenvalue weighted by atomic mass is 10.1. The second-order valence-corrected chi connectivity index (χ2v) is 9.51. The highest BCUT2D eigenvalue weighted by atomic mass is 16.5. The maximum atomic E-state index is 12.4. The first kappa shape index (κ1) is 28.3. The van der Waals surface area contributed by atoms with Crippen LogP contribution in [0.3, 0.4) is 0 Å². The number of hydrogen-bond acceptors (Lipinski definition) is 10. The molecular formula is C28H31N7O5. The van der Waals surface area contributed by atoms with E-state index in [0.29, 0.717) is 65.7 Å². The van der Waals surface area contributed by atoms with Crippen LogP contribution in [-0.4, -0.2) is 88.2 Å². The lowest BCUT2D eigenvalue weighted by Crippen LogP contribution is -2.45. The Labute approximate surface area is 232 Å². The number of hydrogen-bond donors (Lipinski definition) is 2. The van der Waals surface area contributed by atoms with Gasteiger partial charge in [0.25, 0.3) is 11.8 Å². The number of rotatable bonds is 8. The summed E-state index contributed by atoms with van der Waals surface area (Å²) < 4.78 is 11.4. The van der Waals surface area contributed by atoms with Gasteiger partial charge in [-0.15, -0.1) is 0 Å². The van der Waals surface area contributed by atoms with Gasteiger partial charge < -0.3 is 29.7 Å². The number of amides is 2. The maximum Gasteiger partial charge on any atom is 0.258 e. The third-order valence-corrected chi connectivity index (χ3v) is 6.41. The Morgan fingerprint density at radius 2 is 1.90 bits per heavy atom. The summed E-state index contributed by atoms with van der Waals surface area (Å²) in [5.41, 5.74) is 1.98. The number of pyridine rings is 1. The number of nitriles is 1. The number of nitrogens with one attached hydrogen (secondary N) is 1. The third kappa shape index (κ3) is 6.44. The molecule has 1 saturated heterocycles. The number of aliphatic hydroxyl groups is 1. The van der Waals surface area contributed by atoms with Crippen molar-refractivity contribution in [2.45, 2.75) is 32.0 Å². The quantitative estimate of drug-likeness (QED) is 0.432. The number of likely N-dealkylation sites (tertiary alicyclic amines) is 1. The zero-order valence-electron chi connectivity index (χ0n) is 22.8. The van der Waals surface area contributed by atoms with Crippen molar-refractivity contribution in [3.63, 3.8) is 0 Å². The first-order valence-electron chi connectivity index (χ1n) is 12.7. The van der Waals surface area contributed by atoms with Crippen molar-refractivity contribution in [2.24, 2.45) is 0 Å². The lowest BCUT2D eigenvalue weighted by molar-refractivity contribution is -0.141. The molecule has 3 aromatic rings. The van der Waals surface area contributed by atoms with Crippen molar-refractivity contribution < 1.29 is 24.2 Å². The SMILES string of the molecule is COc1nc(Nc2cc(-c3ccc(OC4CCN(C(=O)[C@H](C)O)CC4)c(C#N)c3)ncn2)ccc1C(=O)N(C)C. The average molecular weight is 546 g/mol. The molecule has 2 N–H and O–H groups in total. The van der Waals surface area contributed by atoms with Gasteiger partial charge in [-0.25, -0.2) is 9.97 Å². The van der Waals surface area contributed by atoms with E-state index in [0.717, 1.165) is 0 Å². The minimum Gasteiger partial charge on any atom is -0.489 e. The molecule has 12 heteroatoms. The number of anilines is 2. The zero-order chi connectivity index (χ0) is 28.8. The molecule has 12 nitrogen and oxygen atoms in total. The van der Waals surface area contributed by atoms with Gasteiger partial charge in [-0.1, -0.05) is 0 Å². The summed E-state index contributed by atoms with van der Waals surface area (Å²) in [5.74, 6) is 1.03. The largest absolute Gasteiger partial charge is 0.489 e. The molecule has 1 aliphatic heterocycles. The highest BCUT2D eigenvalue weighted by Crippen LogP contribution is 2.29. The molecule has 1 aromatic carbocycles. The van der Waals surface area contributed by atoms with Gasteiger partial charge >= 0.3 is 0 Å². The van der Waals surface area contributed by atoms with Crippen LogP contribution in [0.5, 0.6) is 11.6 Å². The summed E-state index contributed by atoms with van der Waals surface area (Å²) in [6, 6.07) is 12.5. The Morgan fingerprint density at radius 1 is 1.15 bits per heavy atom. The van der Waals surface area contributed by atoms with Crippen LogP contribution in [0, 0.1) is 11.3 Å². The number of nitrogens with zero attached hydrogens (tertiary/aromatic N) is 6. The highest BCUT2D eigenvalue weighted by molar-refractivity contribution is 5.96. The number of benzene rings is 1. The molecule has 0 spiro atoms. The minimum absolute atomic E-state index is 0.144. The fourth-order valence-electron chi connectivity index (χ4n) is 4.30. The molecule has 2 amide bonds. The van der Waals surface area contributed by atoms with Crippen molar-refractivity contribution in [3.05, 3.63) is 53.9 Å². The van der Waals surface area contributed by atoms with E-state index in [4.69, 9.17) is 9.47 Å². The van der Waals surface area contributed by atoms with Crippen LogP contribution in [-0.2, 0) is 4.79 Å². The molecule has 1 fully saturated rings. The summed E-state index contributed by atoms with van der Waals surface area (Å²) in [7, 11) is 4.75. The molecule has 3 heterocycles. The van der Waals surface area contributed by atoms with Crippen LogP contribution in [0.15, 0.2) is 42.7 Å². The summed E-state index contributed by atoms with van der Waals surface area (Å²) >= 11 is 0. The van der Waals surface area contributed by atoms with E-state index in [9.17, 15) is 20.0 Å². The summed E-state index contributed by atoms with van der Waals surface area (Å²) in [4.78, 5) is 40.4. The van der Waals surface area contributed by atoms with Crippen LogP contribution < -0.4 is 14.8 Å². The Bertz CT molecular complexity index is 1430. The van der Waals surface area contributed by atoms with Crippen LogP contribution in [0.4, 0.5) is 11.6 Å². The van der Waals surface area contributed by atoms with Crippen molar-refractivity contribution in [1.82, 2.24) is 24.8 Å². The van der Waals surface area contributed by atoms with E-state index in [2.05, 4.69) is 26.3 Å². The monoisotopic (exact) mass is 545 g/mol. The lowest BCUT2D eigenvalue weighted by Gasteiger charge is -2.33. The highest BCUT2D eigenvalue weighted by Gasteiger charge is 2.26. The number of carbonyl (C=O) groups is 2. The maximum absolute atomic E-state index is 12.4. The second-order valence-electron chi connectivity index (χ2n) is 9.51. The van der Waals surface area contributed by atoms with Crippen molar-refractivity contribution in [2.75, 3.05) is 39.6 Å². The summed E-state index contributed by atoms with van der Waals surface area (Å²) in [6.07, 6.45) is 1.45. The van der Waals surface area contributed by atoms with Crippen molar-refractivity contribution in [3.8, 4) is 29.0 Å². The average Bonchev–Trinajstić information content (AvgIpc) is 2.97.